The van der Waals surface area contributed by atoms with Crippen LogP contribution in [-0.4, -0.2) is 52.5 Å². The lowest BCUT2D eigenvalue weighted by atomic mass is 10.1. The Hall–Kier alpha value is -1.88. The molecule has 1 N–H and O–H groups in total. The van der Waals surface area contributed by atoms with E-state index in [9.17, 15) is 10.1 Å². The maximum absolute atomic E-state index is 12.3. The molecule has 0 spiro atoms. The highest BCUT2D eigenvalue weighted by molar-refractivity contribution is 9.11. The van der Waals surface area contributed by atoms with E-state index < -0.39 is 5.60 Å². The molecule has 1 amide bonds. The molecule has 1 saturated heterocycles. The number of rotatable bonds is 2. The van der Waals surface area contributed by atoms with Gasteiger partial charge in [0.15, 0.2) is 5.57 Å². The number of aliphatic imine (C=N–C) groups is 1. The summed E-state index contributed by atoms with van der Waals surface area (Å²) < 4.78 is 7.94. The van der Waals surface area contributed by atoms with Crippen LogP contribution in [0.15, 0.2) is 15.2 Å². The predicted molar refractivity (Wildman–Crippen MR) is 107 cm³/mol. The topological polar surface area (TPSA) is 80.7 Å². The second kappa shape index (κ2) is 8.01. The molecule has 7 nitrogen and oxygen atoms in total. The molecule has 0 aromatic rings. The number of likely N-dealkylation sites (tertiary alicyclic amines) is 1. The van der Waals surface area contributed by atoms with Crippen molar-refractivity contribution in [2.24, 2.45) is 10.9 Å². The van der Waals surface area contributed by atoms with E-state index in [2.05, 4.69) is 27.4 Å². The number of hydrogen-bond donors (Lipinski definition) is 1. The van der Waals surface area contributed by atoms with E-state index in [4.69, 9.17) is 9.73 Å². The summed E-state index contributed by atoms with van der Waals surface area (Å²) in [5.41, 5.74) is 3.21. The van der Waals surface area contributed by atoms with Gasteiger partial charge in [-0.25, -0.2) is 10.2 Å². The maximum atomic E-state index is 12.3. The van der Waals surface area contributed by atoms with Crippen LogP contribution in [-0.2, 0) is 4.74 Å². The SMILES string of the molecule is CC(C)(C)OC(=O)N1CCC(/C=[N+]2/NC(Br)=C(C#N)C2=NC2CCCC2)C1. The van der Waals surface area contributed by atoms with E-state index in [0.29, 0.717) is 29.1 Å². The Balaban J connectivity index is 1.72. The van der Waals surface area contributed by atoms with Gasteiger partial charge in [-0.05, 0) is 68.8 Å². The molecule has 0 aromatic carbocycles. The fraction of sp³-hybridized carbons (Fsp3) is 0.684. The summed E-state index contributed by atoms with van der Waals surface area (Å²) in [6, 6.07) is 2.52. The van der Waals surface area contributed by atoms with Crippen molar-refractivity contribution in [2.45, 2.75) is 64.5 Å². The predicted octanol–water partition coefficient (Wildman–Crippen LogP) is 3.32. The van der Waals surface area contributed by atoms with Gasteiger partial charge in [0.25, 0.3) is 0 Å². The van der Waals surface area contributed by atoms with Crippen LogP contribution in [0, 0.1) is 17.2 Å². The molecule has 1 atom stereocenters. The number of halogens is 1. The normalized spacial score (nSPS) is 26.8. The quantitative estimate of drug-likeness (QED) is 0.531. The second-order valence-electron chi connectivity index (χ2n) is 8.30. The zero-order valence-electron chi connectivity index (χ0n) is 16.2. The molecule has 0 aromatic heterocycles. The summed E-state index contributed by atoms with van der Waals surface area (Å²) in [4.78, 5) is 18.8. The number of amides is 1. The van der Waals surface area contributed by atoms with Crippen molar-refractivity contribution in [3.05, 3.63) is 10.2 Å². The number of carbonyl (C=O) groups is 1. The molecule has 8 heteroatoms. The van der Waals surface area contributed by atoms with Crippen molar-refractivity contribution in [3.8, 4) is 6.07 Å². The van der Waals surface area contributed by atoms with Gasteiger partial charge in [0, 0.05) is 19.0 Å². The summed E-state index contributed by atoms with van der Waals surface area (Å²) in [6.07, 6.45) is 7.15. The van der Waals surface area contributed by atoms with Gasteiger partial charge >= 0.3 is 11.9 Å². The first kappa shape index (κ1) is 19.9. The Morgan fingerprint density at radius 3 is 2.74 bits per heavy atom. The van der Waals surface area contributed by atoms with Crippen molar-refractivity contribution in [1.82, 2.24) is 10.3 Å². The number of nitrogens with one attached hydrogen (secondary N) is 1. The third-order valence-corrected chi connectivity index (χ3v) is 5.44. The molecule has 0 radical (unpaired) electrons. The van der Waals surface area contributed by atoms with Crippen LogP contribution in [0.3, 0.4) is 0 Å². The zero-order chi connectivity index (χ0) is 19.6. The molecule has 2 aliphatic heterocycles. The molecule has 2 heterocycles. The van der Waals surface area contributed by atoms with E-state index in [1.807, 2.05) is 31.7 Å². The van der Waals surface area contributed by atoms with Crippen molar-refractivity contribution < 1.29 is 14.2 Å². The van der Waals surface area contributed by atoms with Crippen LogP contribution in [0.2, 0.25) is 0 Å². The number of hydrazone groups is 1. The lowest BCUT2D eigenvalue weighted by Gasteiger charge is -2.24. The Morgan fingerprint density at radius 1 is 1.41 bits per heavy atom. The lowest BCUT2D eigenvalue weighted by Crippen LogP contribution is -2.36. The van der Waals surface area contributed by atoms with Gasteiger partial charge in [0.05, 0.1) is 0 Å². The second-order valence-corrected chi connectivity index (χ2v) is 9.09. The molecule has 3 rings (SSSR count). The highest BCUT2D eigenvalue weighted by Crippen LogP contribution is 2.25. The fourth-order valence-electron chi connectivity index (χ4n) is 3.59. The molecular formula is C19H27BrN5O2+. The lowest BCUT2D eigenvalue weighted by molar-refractivity contribution is -0.455. The number of hydrazine groups is 1. The Labute approximate surface area is 168 Å². The van der Waals surface area contributed by atoms with Gasteiger partial charge in [-0.1, -0.05) is 4.99 Å². The van der Waals surface area contributed by atoms with E-state index in [1.165, 1.54) is 12.8 Å². The molecule has 27 heavy (non-hydrogen) atoms. The number of ether oxygens (including phenoxy) is 1. The van der Waals surface area contributed by atoms with Crippen molar-refractivity contribution in [2.75, 3.05) is 13.1 Å². The molecule has 2 fully saturated rings. The maximum Gasteiger partial charge on any atom is 0.410 e. The summed E-state index contributed by atoms with van der Waals surface area (Å²) in [7, 11) is 0. The molecule has 1 saturated carbocycles. The third kappa shape index (κ3) is 4.89. The van der Waals surface area contributed by atoms with Crippen LogP contribution in [0.4, 0.5) is 4.79 Å². The fourth-order valence-corrected chi connectivity index (χ4v) is 4.04. The van der Waals surface area contributed by atoms with Gasteiger partial charge in [-0.3, -0.25) is 0 Å². The van der Waals surface area contributed by atoms with Gasteiger partial charge in [-0.15, -0.1) is 4.68 Å². The van der Waals surface area contributed by atoms with Crippen LogP contribution < -0.4 is 5.43 Å². The first-order chi connectivity index (χ1) is 12.8. The molecule has 3 aliphatic rings. The van der Waals surface area contributed by atoms with Gasteiger partial charge in [-0.2, -0.15) is 5.26 Å². The largest absolute Gasteiger partial charge is 0.444 e. The zero-order valence-corrected chi connectivity index (χ0v) is 17.8. The van der Waals surface area contributed by atoms with Gasteiger partial charge < -0.3 is 9.64 Å². The smallest absolute Gasteiger partial charge is 0.410 e. The van der Waals surface area contributed by atoms with Crippen molar-refractivity contribution in [1.29, 1.82) is 5.26 Å². The van der Waals surface area contributed by atoms with Crippen LogP contribution >= 0.6 is 15.9 Å². The monoisotopic (exact) mass is 436 g/mol. The summed E-state index contributed by atoms with van der Waals surface area (Å²) >= 11 is 3.43. The van der Waals surface area contributed by atoms with Crippen LogP contribution in [0.25, 0.3) is 0 Å². The highest BCUT2D eigenvalue weighted by atomic mass is 79.9. The molecule has 1 unspecified atom stereocenters. The standard InChI is InChI=1S/C19H27BrN5O2/c1-19(2,3)27-18(26)24-9-8-13(11-24)12-25-17(15(10-21)16(20)23-25)22-14-6-4-5-7-14/h12-14,23H,4-9,11H2,1-3H3/q+1/b22-17?,25-12+. The number of hydrogen-bond acceptors (Lipinski definition) is 5. The Kier molecular flexibility index (Phi) is 5.89. The van der Waals surface area contributed by atoms with Crippen LogP contribution in [0.5, 0.6) is 0 Å². The molecule has 1 aliphatic carbocycles. The highest BCUT2D eigenvalue weighted by Gasteiger charge is 2.37. The first-order valence-corrected chi connectivity index (χ1v) is 10.3. The number of amidine groups is 1. The first-order valence-electron chi connectivity index (χ1n) is 9.53. The van der Waals surface area contributed by atoms with Crippen molar-refractivity contribution in [3.63, 3.8) is 0 Å². The average molecular weight is 437 g/mol. The van der Waals surface area contributed by atoms with E-state index in [1.54, 1.807) is 4.90 Å². The van der Waals surface area contributed by atoms with E-state index >= 15 is 0 Å². The number of nitrogens with zero attached hydrogens (tertiary/aromatic N) is 4. The minimum atomic E-state index is -0.493. The minimum absolute atomic E-state index is 0.178. The summed E-state index contributed by atoms with van der Waals surface area (Å²) in [6.45, 7) is 6.88. The van der Waals surface area contributed by atoms with Gasteiger partial charge in [0.1, 0.15) is 28.5 Å². The number of carbonyl (C=O) groups excluding carboxylic acids is 1. The molecule has 0 bridgehead atoms. The average Bonchev–Trinajstić information content (AvgIpc) is 3.28. The molecular weight excluding hydrogens is 410 g/mol. The third-order valence-electron chi connectivity index (χ3n) is 4.87. The van der Waals surface area contributed by atoms with Crippen molar-refractivity contribution >= 4 is 34.1 Å². The summed E-state index contributed by atoms with van der Waals surface area (Å²) in [5, 5.41) is 9.51. The Morgan fingerprint density at radius 2 is 2.11 bits per heavy atom. The van der Waals surface area contributed by atoms with Gasteiger partial charge in [0.2, 0.25) is 0 Å². The van der Waals surface area contributed by atoms with E-state index in [0.717, 1.165) is 19.3 Å². The van der Waals surface area contributed by atoms with Crippen LogP contribution in [0.1, 0.15) is 52.9 Å². The molecule has 146 valence electrons. The van der Waals surface area contributed by atoms with E-state index in [-0.39, 0.29) is 18.1 Å². The minimum Gasteiger partial charge on any atom is -0.444 e. The summed E-state index contributed by atoms with van der Waals surface area (Å²) in [5.74, 6) is 0.851. The Bertz CT molecular complexity index is 738. The number of nitriles is 1.